The minimum Gasteiger partial charge on any atom is -0.492 e. The molecule has 0 aliphatic heterocycles. The number of carbonyl (C=O) groups excluding carboxylic acids is 1. The van der Waals surface area contributed by atoms with E-state index < -0.39 is 10.0 Å². The van der Waals surface area contributed by atoms with Gasteiger partial charge in [-0.2, -0.15) is 4.31 Å². The summed E-state index contributed by atoms with van der Waals surface area (Å²) in [5.41, 5.74) is 0.911. The lowest BCUT2D eigenvalue weighted by atomic mass is 10.1. The molecule has 2 aromatic rings. The molecule has 2 rings (SSSR count). The number of nitrogens with zero attached hydrogens (tertiary/aromatic N) is 1. The maximum absolute atomic E-state index is 12.6. The van der Waals surface area contributed by atoms with Crippen LogP contribution >= 0.6 is 0 Å². The van der Waals surface area contributed by atoms with Crippen molar-refractivity contribution in [2.45, 2.75) is 31.7 Å². The van der Waals surface area contributed by atoms with E-state index in [2.05, 4.69) is 10.6 Å². The van der Waals surface area contributed by atoms with E-state index in [9.17, 15) is 13.2 Å². The van der Waals surface area contributed by atoms with Crippen molar-refractivity contribution in [1.82, 2.24) is 14.9 Å². The molecule has 0 aromatic heterocycles. The number of carbonyl (C=O) groups is 1. The number of hydrogen-bond acceptors (Lipinski definition) is 5. The van der Waals surface area contributed by atoms with Crippen LogP contribution in [0.5, 0.6) is 5.75 Å². The SMILES string of the molecule is CCN(CC)S(=O)(=O)c1ccc([C@H](C)NCC(=O)NCCOc2ccccc2)cc1. The van der Waals surface area contributed by atoms with Gasteiger partial charge in [-0.25, -0.2) is 8.42 Å². The van der Waals surface area contributed by atoms with E-state index in [1.807, 2.05) is 51.1 Å². The highest BCUT2D eigenvalue weighted by Gasteiger charge is 2.21. The maximum atomic E-state index is 12.6. The quantitative estimate of drug-likeness (QED) is 0.503. The lowest BCUT2D eigenvalue weighted by Crippen LogP contribution is -2.37. The van der Waals surface area contributed by atoms with Gasteiger partial charge in [-0.3, -0.25) is 4.79 Å². The van der Waals surface area contributed by atoms with Gasteiger partial charge in [0, 0.05) is 19.1 Å². The largest absolute Gasteiger partial charge is 0.492 e. The van der Waals surface area contributed by atoms with Gasteiger partial charge < -0.3 is 15.4 Å². The van der Waals surface area contributed by atoms with Gasteiger partial charge in [-0.15, -0.1) is 0 Å². The van der Waals surface area contributed by atoms with E-state index in [4.69, 9.17) is 4.74 Å². The van der Waals surface area contributed by atoms with E-state index >= 15 is 0 Å². The summed E-state index contributed by atoms with van der Waals surface area (Å²) >= 11 is 0. The molecule has 30 heavy (non-hydrogen) atoms. The molecule has 1 amide bonds. The number of sulfonamides is 1. The smallest absolute Gasteiger partial charge is 0.243 e. The van der Waals surface area contributed by atoms with Gasteiger partial charge in [-0.1, -0.05) is 44.2 Å². The van der Waals surface area contributed by atoms with Crippen LogP contribution < -0.4 is 15.4 Å². The fourth-order valence-electron chi connectivity index (χ4n) is 2.94. The van der Waals surface area contributed by atoms with Gasteiger partial charge in [-0.05, 0) is 36.8 Å². The Morgan fingerprint density at radius 3 is 2.27 bits per heavy atom. The van der Waals surface area contributed by atoms with Crippen molar-refractivity contribution in [1.29, 1.82) is 0 Å². The molecule has 0 saturated carbocycles. The Labute approximate surface area is 179 Å². The Kier molecular flexibility index (Phi) is 9.29. The molecule has 0 unspecified atom stereocenters. The highest BCUT2D eigenvalue weighted by molar-refractivity contribution is 7.89. The monoisotopic (exact) mass is 433 g/mol. The predicted molar refractivity (Wildman–Crippen MR) is 118 cm³/mol. The van der Waals surface area contributed by atoms with Crippen molar-refractivity contribution in [3.8, 4) is 5.75 Å². The number of hydrogen-bond donors (Lipinski definition) is 2. The van der Waals surface area contributed by atoms with E-state index in [0.717, 1.165) is 11.3 Å². The van der Waals surface area contributed by atoms with Gasteiger partial charge in [0.15, 0.2) is 0 Å². The number of benzene rings is 2. The van der Waals surface area contributed by atoms with Crippen LogP contribution in [0.1, 0.15) is 32.4 Å². The van der Waals surface area contributed by atoms with Gasteiger partial charge >= 0.3 is 0 Å². The van der Waals surface area contributed by atoms with Crippen molar-refractivity contribution in [3.63, 3.8) is 0 Å². The van der Waals surface area contributed by atoms with E-state index in [-0.39, 0.29) is 23.4 Å². The molecular formula is C22H31N3O4S. The van der Waals surface area contributed by atoms with Gasteiger partial charge in [0.05, 0.1) is 18.0 Å². The number of para-hydroxylation sites is 1. The van der Waals surface area contributed by atoms with Crippen LogP contribution in [0.4, 0.5) is 0 Å². The number of amides is 1. The molecule has 0 aliphatic rings. The number of ether oxygens (including phenoxy) is 1. The zero-order valence-electron chi connectivity index (χ0n) is 17.8. The summed E-state index contributed by atoms with van der Waals surface area (Å²) in [6.07, 6.45) is 0. The predicted octanol–water partition coefficient (Wildman–Crippen LogP) is 2.56. The Balaban J connectivity index is 1.77. The Morgan fingerprint density at radius 1 is 1.03 bits per heavy atom. The third-order valence-corrected chi connectivity index (χ3v) is 6.79. The van der Waals surface area contributed by atoms with Crippen LogP contribution in [0.25, 0.3) is 0 Å². The third-order valence-electron chi connectivity index (χ3n) is 4.73. The van der Waals surface area contributed by atoms with Crippen LogP contribution in [-0.2, 0) is 14.8 Å². The summed E-state index contributed by atoms with van der Waals surface area (Å²) in [6.45, 7) is 7.41. The summed E-state index contributed by atoms with van der Waals surface area (Å²) in [5, 5.41) is 5.95. The first kappa shape index (κ1) is 23.9. The van der Waals surface area contributed by atoms with Gasteiger partial charge in [0.25, 0.3) is 0 Å². The second-order valence-electron chi connectivity index (χ2n) is 6.77. The first-order chi connectivity index (χ1) is 14.4. The zero-order chi connectivity index (χ0) is 22.0. The maximum Gasteiger partial charge on any atom is 0.243 e. The topological polar surface area (TPSA) is 87.7 Å². The van der Waals surface area contributed by atoms with Gasteiger partial charge in [0.2, 0.25) is 15.9 Å². The molecule has 1 atom stereocenters. The number of rotatable bonds is 12. The van der Waals surface area contributed by atoms with Crippen molar-refractivity contribution in [3.05, 3.63) is 60.2 Å². The molecule has 7 nitrogen and oxygen atoms in total. The molecule has 0 bridgehead atoms. The summed E-state index contributed by atoms with van der Waals surface area (Å²) < 4.78 is 32.1. The summed E-state index contributed by atoms with van der Waals surface area (Å²) in [6, 6.07) is 16.1. The molecule has 0 spiro atoms. The fourth-order valence-corrected chi connectivity index (χ4v) is 4.40. The molecular weight excluding hydrogens is 402 g/mol. The zero-order valence-corrected chi connectivity index (χ0v) is 18.6. The summed E-state index contributed by atoms with van der Waals surface area (Å²) in [5.74, 6) is 0.643. The molecule has 2 N–H and O–H groups in total. The highest BCUT2D eigenvalue weighted by Crippen LogP contribution is 2.19. The standard InChI is InChI=1S/C22H31N3O4S/c1-4-25(5-2)30(27,28)21-13-11-19(12-14-21)18(3)24-17-22(26)23-15-16-29-20-9-7-6-8-10-20/h6-14,18,24H,4-5,15-17H2,1-3H3,(H,23,26)/t18-/m0/s1. The van der Waals surface area contributed by atoms with Crippen molar-refractivity contribution in [2.24, 2.45) is 0 Å². The lowest BCUT2D eigenvalue weighted by molar-refractivity contribution is -0.120. The van der Waals surface area contributed by atoms with Crippen LogP contribution in [0, 0.1) is 0 Å². The fraction of sp³-hybridized carbons (Fsp3) is 0.409. The van der Waals surface area contributed by atoms with Crippen molar-refractivity contribution >= 4 is 15.9 Å². The highest BCUT2D eigenvalue weighted by atomic mass is 32.2. The first-order valence-corrected chi connectivity index (χ1v) is 11.6. The van der Waals surface area contributed by atoms with Crippen LogP contribution in [0.15, 0.2) is 59.5 Å². The second kappa shape index (κ2) is 11.7. The van der Waals surface area contributed by atoms with Crippen LogP contribution in [-0.4, -0.2) is 51.4 Å². The molecule has 2 aromatic carbocycles. The third kappa shape index (κ3) is 6.83. The number of nitrogens with one attached hydrogen (secondary N) is 2. The average Bonchev–Trinajstić information content (AvgIpc) is 2.76. The molecule has 0 radical (unpaired) electrons. The Hall–Kier alpha value is -2.42. The van der Waals surface area contributed by atoms with E-state index in [0.29, 0.717) is 26.2 Å². The van der Waals surface area contributed by atoms with E-state index in [1.165, 1.54) is 4.31 Å². The lowest BCUT2D eigenvalue weighted by Gasteiger charge is -2.19. The first-order valence-electron chi connectivity index (χ1n) is 10.2. The van der Waals surface area contributed by atoms with Crippen LogP contribution in [0.2, 0.25) is 0 Å². The normalized spacial score (nSPS) is 12.5. The average molecular weight is 434 g/mol. The molecule has 164 valence electrons. The molecule has 0 aliphatic carbocycles. The Bertz CT molecular complexity index is 882. The van der Waals surface area contributed by atoms with Crippen LogP contribution in [0.3, 0.4) is 0 Å². The second-order valence-corrected chi connectivity index (χ2v) is 8.71. The van der Waals surface area contributed by atoms with Gasteiger partial charge in [0.1, 0.15) is 12.4 Å². The van der Waals surface area contributed by atoms with Crippen molar-refractivity contribution < 1.29 is 17.9 Å². The molecule has 0 fully saturated rings. The van der Waals surface area contributed by atoms with E-state index in [1.54, 1.807) is 24.3 Å². The molecule has 0 saturated heterocycles. The Morgan fingerprint density at radius 2 is 1.67 bits per heavy atom. The minimum atomic E-state index is -3.47. The van der Waals surface area contributed by atoms with Crippen molar-refractivity contribution in [2.75, 3.05) is 32.8 Å². The summed E-state index contributed by atoms with van der Waals surface area (Å²) in [7, 11) is -3.47. The minimum absolute atomic E-state index is 0.0958. The molecule has 8 heteroatoms. The molecule has 0 heterocycles. The summed E-state index contributed by atoms with van der Waals surface area (Å²) in [4.78, 5) is 12.3.